The first-order valence-electron chi connectivity index (χ1n) is 6.26. The van der Waals surface area contributed by atoms with Gasteiger partial charge in [0, 0.05) is 12.0 Å². The normalized spacial score (nSPS) is 12.0. The molecule has 0 saturated carbocycles. The fourth-order valence-corrected chi connectivity index (χ4v) is 1.81. The van der Waals surface area contributed by atoms with E-state index >= 15 is 0 Å². The summed E-state index contributed by atoms with van der Waals surface area (Å²) in [4.78, 5) is 0. The van der Waals surface area contributed by atoms with E-state index in [0.29, 0.717) is 17.3 Å². The van der Waals surface area contributed by atoms with E-state index in [1.165, 1.54) is 6.26 Å². The molecule has 0 aromatic carbocycles. The number of hydrogen-bond acceptors (Lipinski definition) is 5. The van der Waals surface area contributed by atoms with Crippen molar-refractivity contribution < 1.29 is 8.83 Å². The van der Waals surface area contributed by atoms with Crippen molar-refractivity contribution in [1.29, 1.82) is 0 Å². The van der Waals surface area contributed by atoms with Crippen molar-refractivity contribution in [2.45, 2.75) is 39.2 Å². The van der Waals surface area contributed by atoms with Gasteiger partial charge in [-0.1, -0.05) is 0 Å². The molecule has 2 rings (SSSR count). The molecular weight excluding hydrogens is 266 g/mol. The molecule has 0 amide bonds. The smallest absolute Gasteiger partial charge is 0.252 e. The molecule has 6 heteroatoms. The van der Waals surface area contributed by atoms with Gasteiger partial charge < -0.3 is 14.2 Å². The molecule has 5 nitrogen and oxygen atoms in total. The van der Waals surface area contributed by atoms with E-state index in [9.17, 15) is 0 Å². The van der Waals surface area contributed by atoms with Crippen LogP contribution in [0.2, 0.25) is 5.22 Å². The minimum Gasteiger partial charge on any atom is -0.452 e. The Morgan fingerprint density at radius 3 is 2.74 bits per heavy atom. The van der Waals surface area contributed by atoms with Gasteiger partial charge in [0.25, 0.3) is 5.89 Å². The van der Waals surface area contributed by atoms with Crippen molar-refractivity contribution in [2.24, 2.45) is 0 Å². The molecule has 0 bridgehead atoms. The van der Waals surface area contributed by atoms with Crippen molar-refractivity contribution in [3.63, 3.8) is 0 Å². The lowest BCUT2D eigenvalue weighted by molar-refractivity contribution is 0.412. The summed E-state index contributed by atoms with van der Waals surface area (Å²) < 4.78 is 10.5. The molecule has 0 saturated heterocycles. The average molecular weight is 284 g/mol. The number of aryl methyl sites for hydroxylation is 1. The van der Waals surface area contributed by atoms with Crippen LogP contribution in [-0.4, -0.2) is 22.3 Å². The van der Waals surface area contributed by atoms with Crippen molar-refractivity contribution >= 4 is 11.6 Å². The van der Waals surface area contributed by atoms with Crippen LogP contribution in [0.1, 0.15) is 33.1 Å². The van der Waals surface area contributed by atoms with Gasteiger partial charge in [-0.25, -0.2) is 0 Å². The highest BCUT2D eigenvalue weighted by atomic mass is 35.5. The molecule has 2 aromatic heterocycles. The van der Waals surface area contributed by atoms with Gasteiger partial charge in [-0.05, 0) is 51.4 Å². The maximum Gasteiger partial charge on any atom is 0.252 e. The number of furan rings is 1. The number of aromatic nitrogens is 2. The predicted molar refractivity (Wildman–Crippen MR) is 73.1 cm³/mol. The van der Waals surface area contributed by atoms with Crippen LogP contribution in [-0.2, 0) is 6.42 Å². The van der Waals surface area contributed by atoms with Crippen LogP contribution in [0, 0.1) is 0 Å². The Morgan fingerprint density at radius 2 is 2.11 bits per heavy atom. The fraction of sp³-hybridized carbons (Fsp3) is 0.538. The highest BCUT2D eigenvalue weighted by molar-refractivity contribution is 6.31. The zero-order valence-corrected chi connectivity index (χ0v) is 12.1. The zero-order chi connectivity index (χ0) is 13.9. The van der Waals surface area contributed by atoms with Crippen LogP contribution < -0.4 is 5.32 Å². The second-order valence-corrected chi connectivity index (χ2v) is 5.73. The highest BCUT2D eigenvalue weighted by Crippen LogP contribution is 2.27. The molecule has 1 N–H and O–H groups in total. The summed E-state index contributed by atoms with van der Waals surface area (Å²) in [6, 6.07) is 1.71. The predicted octanol–water partition coefficient (Wildman–Crippen LogP) is 3.30. The molecule has 2 heterocycles. The van der Waals surface area contributed by atoms with Crippen LogP contribution in [0.4, 0.5) is 0 Å². The molecule has 0 aliphatic carbocycles. The Hall–Kier alpha value is -1.33. The van der Waals surface area contributed by atoms with Crippen LogP contribution in [0.25, 0.3) is 11.5 Å². The summed E-state index contributed by atoms with van der Waals surface area (Å²) >= 11 is 5.86. The lowest BCUT2D eigenvalue weighted by atomic mass is 10.1. The standard InChI is InChI=1S/C13H18ClN3O2/c1-13(2,3)15-7-4-5-10-16-17-12(19-10)9-6-8-18-11(9)14/h6,8,15H,4-5,7H2,1-3H3. The second kappa shape index (κ2) is 5.75. The van der Waals surface area contributed by atoms with Crippen LogP contribution in [0.15, 0.2) is 21.2 Å². The zero-order valence-electron chi connectivity index (χ0n) is 11.4. The first-order chi connectivity index (χ1) is 8.96. The molecule has 0 unspecified atom stereocenters. The minimum atomic E-state index is 0.129. The van der Waals surface area contributed by atoms with Gasteiger partial charge in [0.2, 0.25) is 11.1 Å². The highest BCUT2D eigenvalue weighted by Gasteiger charge is 2.14. The van der Waals surface area contributed by atoms with Gasteiger partial charge in [-0.3, -0.25) is 0 Å². The molecule has 2 aromatic rings. The molecule has 19 heavy (non-hydrogen) atoms. The Kier molecular flexibility index (Phi) is 4.27. The van der Waals surface area contributed by atoms with Crippen molar-refractivity contribution in [3.8, 4) is 11.5 Å². The number of nitrogens with one attached hydrogen (secondary N) is 1. The van der Waals surface area contributed by atoms with E-state index in [2.05, 4.69) is 36.3 Å². The lowest BCUT2D eigenvalue weighted by Crippen LogP contribution is -2.36. The number of halogens is 1. The van der Waals surface area contributed by atoms with Gasteiger partial charge in [0.1, 0.15) is 0 Å². The van der Waals surface area contributed by atoms with E-state index in [0.717, 1.165) is 19.4 Å². The van der Waals surface area contributed by atoms with Crippen molar-refractivity contribution in [1.82, 2.24) is 15.5 Å². The van der Waals surface area contributed by atoms with Gasteiger partial charge in [0.15, 0.2) is 0 Å². The molecule has 0 radical (unpaired) electrons. The average Bonchev–Trinajstić information content (AvgIpc) is 2.91. The summed E-state index contributed by atoms with van der Waals surface area (Å²) in [6.07, 6.45) is 3.18. The van der Waals surface area contributed by atoms with Crippen LogP contribution in [0.5, 0.6) is 0 Å². The second-order valence-electron chi connectivity index (χ2n) is 5.39. The number of nitrogens with zero attached hydrogens (tertiary/aromatic N) is 2. The Balaban J connectivity index is 1.87. The molecule has 0 spiro atoms. The third kappa shape index (κ3) is 4.08. The topological polar surface area (TPSA) is 64.1 Å². The molecule has 0 fully saturated rings. The summed E-state index contributed by atoms with van der Waals surface area (Å²) in [5.74, 6) is 1.01. The van der Waals surface area contributed by atoms with E-state index in [1.54, 1.807) is 6.07 Å². The van der Waals surface area contributed by atoms with Crippen LogP contribution >= 0.6 is 11.6 Å². The van der Waals surface area contributed by atoms with E-state index in [-0.39, 0.29) is 10.8 Å². The quantitative estimate of drug-likeness (QED) is 0.853. The molecule has 0 aliphatic heterocycles. The Bertz CT molecular complexity index is 528. The lowest BCUT2D eigenvalue weighted by Gasteiger charge is -2.19. The Labute approximate surface area is 117 Å². The summed E-state index contributed by atoms with van der Waals surface area (Å²) in [6.45, 7) is 7.32. The van der Waals surface area contributed by atoms with Crippen molar-refractivity contribution in [2.75, 3.05) is 6.54 Å². The van der Waals surface area contributed by atoms with Gasteiger partial charge in [-0.2, -0.15) is 0 Å². The number of rotatable bonds is 5. The third-order valence-electron chi connectivity index (χ3n) is 2.54. The van der Waals surface area contributed by atoms with Gasteiger partial charge >= 0.3 is 0 Å². The fourth-order valence-electron chi connectivity index (χ4n) is 1.61. The molecule has 0 atom stereocenters. The minimum absolute atomic E-state index is 0.129. The van der Waals surface area contributed by atoms with Gasteiger partial charge in [-0.15, -0.1) is 10.2 Å². The largest absolute Gasteiger partial charge is 0.452 e. The summed E-state index contributed by atoms with van der Waals surface area (Å²) in [7, 11) is 0. The van der Waals surface area contributed by atoms with Crippen molar-refractivity contribution in [3.05, 3.63) is 23.4 Å². The SMILES string of the molecule is CC(C)(C)NCCCc1nnc(-c2ccoc2Cl)o1. The van der Waals surface area contributed by atoms with Crippen LogP contribution in [0.3, 0.4) is 0 Å². The maximum atomic E-state index is 5.86. The first kappa shape index (κ1) is 14.1. The third-order valence-corrected chi connectivity index (χ3v) is 2.83. The number of hydrogen-bond donors (Lipinski definition) is 1. The van der Waals surface area contributed by atoms with E-state index in [4.69, 9.17) is 20.4 Å². The molecular formula is C13H18ClN3O2. The maximum absolute atomic E-state index is 5.86. The summed E-state index contributed by atoms with van der Waals surface area (Å²) in [5.41, 5.74) is 0.762. The monoisotopic (exact) mass is 283 g/mol. The Morgan fingerprint density at radius 1 is 1.32 bits per heavy atom. The van der Waals surface area contributed by atoms with E-state index in [1.807, 2.05) is 0 Å². The van der Waals surface area contributed by atoms with E-state index < -0.39 is 0 Å². The van der Waals surface area contributed by atoms with Gasteiger partial charge in [0.05, 0.1) is 11.8 Å². The summed E-state index contributed by atoms with van der Waals surface area (Å²) in [5, 5.41) is 11.6. The first-order valence-corrected chi connectivity index (χ1v) is 6.64. The molecule has 104 valence electrons. The molecule has 0 aliphatic rings.